The van der Waals surface area contributed by atoms with Crippen LogP contribution in [0.15, 0.2) is 35.3 Å². The van der Waals surface area contributed by atoms with E-state index in [-0.39, 0.29) is 5.82 Å². The number of aliphatic hydroxyl groups is 1. The fraction of sp³-hybridized carbons (Fsp3) is 0.111. The van der Waals surface area contributed by atoms with Crippen molar-refractivity contribution in [3.63, 3.8) is 0 Å². The quantitative estimate of drug-likeness (QED) is 0.776. The summed E-state index contributed by atoms with van der Waals surface area (Å²) in [5.41, 5.74) is 0.505. The first-order chi connectivity index (χ1) is 5.65. The highest BCUT2D eigenvalue weighted by atomic mass is 79.9. The molecule has 12 heavy (non-hydrogen) atoms. The second kappa shape index (κ2) is 3.83. The molecule has 1 N–H and O–H groups in total. The minimum absolute atomic E-state index is 0.381. The largest absolute Gasteiger partial charge is 0.384 e. The van der Waals surface area contributed by atoms with E-state index >= 15 is 0 Å². The van der Waals surface area contributed by atoms with Crippen molar-refractivity contribution >= 4 is 15.9 Å². The van der Waals surface area contributed by atoms with Crippen molar-refractivity contribution in [2.75, 3.05) is 0 Å². The molecule has 0 radical (unpaired) electrons. The lowest BCUT2D eigenvalue weighted by atomic mass is 10.1. The van der Waals surface area contributed by atoms with Gasteiger partial charge in [-0.2, -0.15) is 0 Å². The summed E-state index contributed by atoms with van der Waals surface area (Å²) in [7, 11) is 0. The van der Waals surface area contributed by atoms with Crippen LogP contribution in [0.25, 0.3) is 0 Å². The van der Waals surface area contributed by atoms with Gasteiger partial charge in [0.25, 0.3) is 0 Å². The third-order valence-corrected chi connectivity index (χ3v) is 2.15. The maximum absolute atomic E-state index is 12.9. The molecule has 0 aliphatic heterocycles. The predicted octanol–water partition coefficient (Wildman–Crippen LogP) is 2.81. The normalized spacial score (nSPS) is 12.6. The molecule has 0 aromatic heterocycles. The smallest absolute Gasteiger partial charge is 0.137 e. The van der Waals surface area contributed by atoms with E-state index in [0.29, 0.717) is 10.0 Å². The molecule has 1 rings (SSSR count). The second-order valence-electron chi connectivity index (χ2n) is 2.35. The van der Waals surface area contributed by atoms with Crippen LogP contribution in [-0.2, 0) is 0 Å². The van der Waals surface area contributed by atoms with Crippen molar-refractivity contribution in [2.24, 2.45) is 0 Å². The molecule has 0 amide bonds. The Morgan fingerprint density at radius 1 is 1.58 bits per heavy atom. The van der Waals surface area contributed by atoms with E-state index in [1.54, 1.807) is 12.1 Å². The van der Waals surface area contributed by atoms with E-state index in [4.69, 9.17) is 0 Å². The Balaban J connectivity index is 3.04. The lowest BCUT2D eigenvalue weighted by Crippen LogP contribution is -1.93. The summed E-state index contributed by atoms with van der Waals surface area (Å²) in [5, 5.41) is 9.24. The lowest BCUT2D eigenvalue weighted by Gasteiger charge is -2.05. The second-order valence-corrected chi connectivity index (χ2v) is 3.21. The summed E-state index contributed by atoms with van der Waals surface area (Å²) in [4.78, 5) is 0. The van der Waals surface area contributed by atoms with Gasteiger partial charge < -0.3 is 5.11 Å². The van der Waals surface area contributed by atoms with Crippen molar-refractivity contribution < 1.29 is 9.50 Å². The van der Waals surface area contributed by atoms with Crippen LogP contribution in [0.3, 0.4) is 0 Å². The Morgan fingerprint density at radius 3 is 2.75 bits per heavy atom. The molecule has 0 bridgehead atoms. The summed E-state index contributed by atoms with van der Waals surface area (Å²) in [6.45, 7) is 3.40. The van der Waals surface area contributed by atoms with Crippen LogP contribution < -0.4 is 0 Å². The molecule has 64 valence electrons. The van der Waals surface area contributed by atoms with Crippen molar-refractivity contribution in [3.05, 3.63) is 46.7 Å². The minimum Gasteiger partial charge on any atom is -0.384 e. The number of rotatable bonds is 2. The number of hydrogen-bond donors (Lipinski definition) is 1. The van der Waals surface area contributed by atoms with Gasteiger partial charge in [-0.05, 0) is 33.6 Å². The first-order valence-corrected chi connectivity index (χ1v) is 4.20. The summed E-state index contributed by atoms with van der Waals surface area (Å²) in [6.07, 6.45) is 0.551. The highest BCUT2D eigenvalue weighted by Gasteiger charge is 2.05. The van der Waals surface area contributed by atoms with Gasteiger partial charge in [0.05, 0.1) is 10.6 Å². The fourth-order valence-electron chi connectivity index (χ4n) is 0.832. The first kappa shape index (κ1) is 9.42. The molecule has 0 heterocycles. The maximum atomic E-state index is 12.9. The average Bonchev–Trinajstić information content (AvgIpc) is 2.08. The molecule has 0 aliphatic rings. The maximum Gasteiger partial charge on any atom is 0.137 e. The predicted molar refractivity (Wildman–Crippen MR) is 49.3 cm³/mol. The third kappa shape index (κ3) is 1.93. The van der Waals surface area contributed by atoms with Gasteiger partial charge in [-0.25, -0.2) is 4.39 Å². The lowest BCUT2D eigenvalue weighted by molar-refractivity contribution is 0.228. The number of aliphatic hydroxyl groups excluding tert-OH is 1. The van der Waals surface area contributed by atoms with Crippen LogP contribution in [-0.4, -0.2) is 5.11 Å². The molecule has 0 saturated carbocycles. The summed E-state index contributed by atoms with van der Waals surface area (Å²) in [6, 6.07) is 4.47. The molecule has 1 aromatic rings. The molecule has 3 heteroatoms. The molecule has 1 unspecified atom stereocenters. The topological polar surface area (TPSA) is 20.2 Å². The molecule has 0 aliphatic carbocycles. The summed E-state index contributed by atoms with van der Waals surface area (Å²) < 4.78 is 13.3. The summed E-state index contributed by atoms with van der Waals surface area (Å²) in [5.74, 6) is -0.381. The van der Waals surface area contributed by atoms with Crippen molar-refractivity contribution in [1.29, 1.82) is 0 Å². The minimum atomic E-state index is -0.799. The van der Waals surface area contributed by atoms with Gasteiger partial charge in [0.1, 0.15) is 5.82 Å². The van der Waals surface area contributed by atoms with Crippen molar-refractivity contribution in [3.8, 4) is 0 Å². The third-order valence-electron chi connectivity index (χ3n) is 1.51. The van der Waals surface area contributed by atoms with Crippen molar-refractivity contribution in [1.82, 2.24) is 0 Å². The Hall–Kier alpha value is -0.670. The molecule has 1 aromatic carbocycles. The Morgan fingerprint density at radius 2 is 2.25 bits per heavy atom. The van der Waals surface area contributed by atoms with Crippen LogP contribution >= 0.6 is 15.9 Å². The average molecular weight is 231 g/mol. The Bertz CT molecular complexity index is 299. The Labute approximate surface area is 78.7 Å². The molecular formula is C9H8BrFO. The molecule has 0 fully saturated rings. The Kier molecular flexibility index (Phi) is 3.00. The molecule has 0 spiro atoms. The van der Waals surface area contributed by atoms with Crippen molar-refractivity contribution in [2.45, 2.75) is 6.10 Å². The van der Waals surface area contributed by atoms with Crippen LogP contribution in [0.5, 0.6) is 0 Å². The van der Waals surface area contributed by atoms with E-state index in [2.05, 4.69) is 22.5 Å². The standard InChI is InChI=1S/C9H8BrFO/c1-2-9(12)6-3-4-7(10)8(11)5-6/h2-5,9,12H,1H2. The number of hydrogen-bond acceptors (Lipinski definition) is 1. The monoisotopic (exact) mass is 230 g/mol. The van der Waals surface area contributed by atoms with Gasteiger partial charge in [-0.3, -0.25) is 0 Å². The molecule has 0 saturated heterocycles. The molecule has 1 nitrogen and oxygen atoms in total. The van der Waals surface area contributed by atoms with Gasteiger partial charge in [0, 0.05) is 0 Å². The number of benzene rings is 1. The SMILES string of the molecule is C=CC(O)c1ccc(Br)c(F)c1. The van der Waals surface area contributed by atoms with Gasteiger partial charge in [-0.1, -0.05) is 12.1 Å². The van der Waals surface area contributed by atoms with Gasteiger partial charge in [0.15, 0.2) is 0 Å². The van der Waals surface area contributed by atoms with E-state index in [0.717, 1.165) is 0 Å². The van der Waals surface area contributed by atoms with E-state index in [1.807, 2.05) is 0 Å². The van der Waals surface area contributed by atoms with Gasteiger partial charge >= 0.3 is 0 Å². The summed E-state index contributed by atoms with van der Waals surface area (Å²) >= 11 is 3.02. The van der Waals surface area contributed by atoms with Gasteiger partial charge in [0.2, 0.25) is 0 Å². The van der Waals surface area contributed by atoms with Crippen LogP contribution in [0.2, 0.25) is 0 Å². The van der Waals surface area contributed by atoms with E-state index < -0.39 is 6.10 Å². The van der Waals surface area contributed by atoms with Crippen LogP contribution in [0.4, 0.5) is 4.39 Å². The fourth-order valence-corrected chi connectivity index (χ4v) is 1.08. The van der Waals surface area contributed by atoms with Gasteiger partial charge in [-0.15, -0.1) is 6.58 Å². The zero-order valence-electron chi connectivity index (χ0n) is 6.30. The molecule has 1 atom stereocenters. The number of halogens is 2. The first-order valence-electron chi connectivity index (χ1n) is 3.40. The zero-order valence-corrected chi connectivity index (χ0v) is 7.88. The molecular weight excluding hydrogens is 223 g/mol. The van der Waals surface area contributed by atoms with E-state index in [9.17, 15) is 9.50 Å². The van der Waals surface area contributed by atoms with Crippen LogP contribution in [0.1, 0.15) is 11.7 Å². The van der Waals surface area contributed by atoms with Crippen LogP contribution in [0, 0.1) is 5.82 Å². The highest BCUT2D eigenvalue weighted by molar-refractivity contribution is 9.10. The highest BCUT2D eigenvalue weighted by Crippen LogP contribution is 2.20. The zero-order chi connectivity index (χ0) is 9.14. The van der Waals surface area contributed by atoms with E-state index in [1.165, 1.54) is 12.1 Å².